The third-order valence-electron chi connectivity index (χ3n) is 5.01. The first-order valence-corrected chi connectivity index (χ1v) is 10.5. The van der Waals surface area contributed by atoms with Crippen LogP contribution in [0.3, 0.4) is 0 Å². The van der Waals surface area contributed by atoms with Crippen molar-refractivity contribution in [2.24, 2.45) is 10.9 Å². The quantitative estimate of drug-likeness (QED) is 0.344. The van der Waals surface area contributed by atoms with Gasteiger partial charge in [-0.05, 0) is 45.2 Å². The van der Waals surface area contributed by atoms with Crippen molar-refractivity contribution >= 4 is 11.9 Å². The third-order valence-corrected chi connectivity index (χ3v) is 5.01. The number of amides is 1. The van der Waals surface area contributed by atoms with E-state index in [1.165, 1.54) is 12.0 Å². The molecule has 3 N–H and O–H groups in total. The summed E-state index contributed by atoms with van der Waals surface area (Å²) in [5, 5.41) is 9.53. The van der Waals surface area contributed by atoms with Crippen LogP contribution in [0.25, 0.3) is 11.5 Å². The number of rotatable bonds is 9. The average molecular weight is 398 g/mol. The molecule has 0 unspecified atom stereocenters. The van der Waals surface area contributed by atoms with E-state index in [4.69, 9.17) is 4.42 Å². The Bertz CT molecular complexity index is 809. The van der Waals surface area contributed by atoms with Gasteiger partial charge in [-0.1, -0.05) is 24.1 Å². The zero-order valence-corrected chi connectivity index (χ0v) is 17.3. The highest BCUT2D eigenvalue weighted by Gasteiger charge is 2.24. The first-order chi connectivity index (χ1) is 14.2. The van der Waals surface area contributed by atoms with Crippen molar-refractivity contribution in [3.63, 3.8) is 0 Å². The van der Waals surface area contributed by atoms with E-state index in [1.54, 1.807) is 6.26 Å². The van der Waals surface area contributed by atoms with Crippen LogP contribution in [0.5, 0.6) is 0 Å². The summed E-state index contributed by atoms with van der Waals surface area (Å²) in [6.45, 7) is 6.72. The van der Waals surface area contributed by atoms with Crippen LogP contribution in [0.4, 0.5) is 0 Å². The molecule has 0 aliphatic heterocycles. The molecule has 1 saturated carbocycles. The number of hydrogen-bond donors (Lipinski definition) is 3. The predicted molar refractivity (Wildman–Crippen MR) is 114 cm³/mol. The first kappa shape index (κ1) is 20.9. The standard InChI is InChI=1S/C22H31N5O2/c1-3-23-22(25-13-5-12-24-20(28)17-6-4-7-17)26-14-19-15-29-21(27-19)18-10-8-16(2)9-11-18/h8-11,15,17H,3-7,12-14H2,1-2H3,(H,24,28)(H2,23,25,26). The van der Waals surface area contributed by atoms with Crippen LogP contribution in [-0.2, 0) is 11.3 Å². The largest absolute Gasteiger partial charge is 0.444 e. The molecule has 1 aromatic heterocycles. The fourth-order valence-electron chi connectivity index (χ4n) is 3.03. The molecule has 0 spiro atoms. The molecule has 1 heterocycles. The molecule has 7 nitrogen and oxygen atoms in total. The molecule has 29 heavy (non-hydrogen) atoms. The molecule has 0 radical (unpaired) electrons. The van der Waals surface area contributed by atoms with E-state index in [-0.39, 0.29) is 11.8 Å². The van der Waals surface area contributed by atoms with Crippen LogP contribution in [0, 0.1) is 12.8 Å². The molecule has 0 bridgehead atoms. The minimum atomic E-state index is 0.201. The van der Waals surface area contributed by atoms with E-state index in [1.807, 2.05) is 31.2 Å². The lowest BCUT2D eigenvalue weighted by Crippen LogP contribution is -2.39. The van der Waals surface area contributed by atoms with Crippen molar-refractivity contribution in [1.82, 2.24) is 20.9 Å². The van der Waals surface area contributed by atoms with E-state index >= 15 is 0 Å². The Kier molecular flexibility index (Phi) is 7.67. The molecule has 1 aliphatic rings. The number of carbonyl (C=O) groups is 1. The Morgan fingerprint density at radius 3 is 2.62 bits per heavy atom. The highest BCUT2D eigenvalue weighted by atomic mass is 16.3. The molecule has 0 saturated heterocycles. The average Bonchev–Trinajstić information content (AvgIpc) is 3.14. The van der Waals surface area contributed by atoms with Gasteiger partial charge in [-0.25, -0.2) is 9.98 Å². The van der Waals surface area contributed by atoms with Gasteiger partial charge >= 0.3 is 0 Å². The van der Waals surface area contributed by atoms with Gasteiger partial charge in [0.25, 0.3) is 0 Å². The molecule has 1 amide bonds. The number of oxazole rings is 1. The highest BCUT2D eigenvalue weighted by Crippen LogP contribution is 2.26. The number of nitrogens with zero attached hydrogens (tertiary/aromatic N) is 2. The summed E-state index contributed by atoms with van der Waals surface area (Å²) >= 11 is 0. The lowest BCUT2D eigenvalue weighted by Gasteiger charge is -2.24. The second-order valence-electron chi connectivity index (χ2n) is 7.40. The van der Waals surface area contributed by atoms with Gasteiger partial charge in [0.2, 0.25) is 11.8 Å². The van der Waals surface area contributed by atoms with Crippen molar-refractivity contribution in [1.29, 1.82) is 0 Å². The van der Waals surface area contributed by atoms with Crippen molar-refractivity contribution in [3.05, 3.63) is 41.8 Å². The van der Waals surface area contributed by atoms with Crippen LogP contribution in [0.1, 0.15) is 43.9 Å². The third kappa shape index (κ3) is 6.34. The van der Waals surface area contributed by atoms with Gasteiger partial charge in [-0.2, -0.15) is 0 Å². The second kappa shape index (κ2) is 10.6. The Labute approximate surface area is 172 Å². The minimum Gasteiger partial charge on any atom is -0.444 e. The van der Waals surface area contributed by atoms with Crippen LogP contribution >= 0.6 is 0 Å². The fourth-order valence-corrected chi connectivity index (χ4v) is 3.03. The molecule has 156 valence electrons. The molecule has 7 heteroatoms. The number of carbonyl (C=O) groups excluding carboxylic acids is 1. The summed E-state index contributed by atoms with van der Waals surface area (Å²) in [6.07, 6.45) is 5.76. The summed E-state index contributed by atoms with van der Waals surface area (Å²) in [5.74, 6) is 1.79. The van der Waals surface area contributed by atoms with E-state index in [0.29, 0.717) is 19.0 Å². The number of aliphatic imine (C=N–C) groups is 1. The van der Waals surface area contributed by atoms with E-state index in [0.717, 1.165) is 49.6 Å². The minimum absolute atomic E-state index is 0.201. The molecular weight excluding hydrogens is 366 g/mol. The summed E-state index contributed by atoms with van der Waals surface area (Å²) in [7, 11) is 0. The molecule has 1 aliphatic carbocycles. The van der Waals surface area contributed by atoms with Crippen molar-refractivity contribution in [2.75, 3.05) is 19.6 Å². The summed E-state index contributed by atoms with van der Waals surface area (Å²) < 4.78 is 5.59. The SMILES string of the molecule is CCNC(=NCc1coc(-c2ccc(C)cc2)n1)NCCCNC(=O)C1CCC1. The van der Waals surface area contributed by atoms with Crippen molar-refractivity contribution in [3.8, 4) is 11.5 Å². The summed E-state index contributed by atoms with van der Waals surface area (Å²) in [5.41, 5.74) is 2.94. The van der Waals surface area contributed by atoms with E-state index < -0.39 is 0 Å². The topological polar surface area (TPSA) is 91.6 Å². The van der Waals surface area contributed by atoms with Gasteiger partial charge in [0, 0.05) is 31.1 Å². The molecule has 0 atom stereocenters. The second-order valence-corrected chi connectivity index (χ2v) is 7.40. The van der Waals surface area contributed by atoms with Gasteiger partial charge in [-0.3, -0.25) is 4.79 Å². The Morgan fingerprint density at radius 2 is 1.93 bits per heavy atom. The normalized spacial score (nSPS) is 14.3. The predicted octanol–water partition coefficient (Wildman–Crippen LogP) is 3.01. The molecule has 1 aromatic carbocycles. The first-order valence-electron chi connectivity index (χ1n) is 10.5. The van der Waals surface area contributed by atoms with Gasteiger partial charge in [0.15, 0.2) is 5.96 Å². The monoisotopic (exact) mass is 397 g/mol. The highest BCUT2D eigenvalue weighted by molar-refractivity contribution is 5.80. The molecule has 1 fully saturated rings. The number of nitrogens with one attached hydrogen (secondary N) is 3. The van der Waals surface area contributed by atoms with Gasteiger partial charge < -0.3 is 20.4 Å². The zero-order valence-electron chi connectivity index (χ0n) is 17.3. The number of aromatic nitrogens is 1. The van der Waals surface area contributed by atoms with Gasteiger partial charge in [0.1, 0.15) is 12.0 Å². The van der Waals surface area contributed by atoms with Crippen LogP contribution in [-0.4, -0.2) is 36.5 Å². The van der Waals surface area contributed by atoms with Crippen LogP contribution < -0.4 is 16.0 Å². The summed E-state index contributed by atoms with van der Waals surface area (Å²) in [4.78, 5) is 20.9. The van der Waals surface area contributed by atoms with E-state index in [2.05, 4.69) is 32.9 Å². The van der Waals surface area contributed by atoms with Crippen LogP contribution in [0.15, 0.2) is 39.9 Å². The lowest BCUT2D eigenvalue weighted by atomic mass is 9.85. The lowest BCUT2D eigenvalue weighted by molar-refractivity contribution is -0.127. The Hall–Kier alpha value is -2.83. The van der Waals surface area contributed by atoms with Crippen molar-refractivity contribution in [2.45, 2.75) is 46.1 Å². The Balaban J connectivity index is 1.43. The zero-order chi connectivity index (χ0) is 20.5. The Morgan fingerprint density at radius 1 is 1.17 bits per heavy atom. The molecular formula is C22H31N5O2. The number of benzene rings is 1. The maximum atomic E-state index is 11.8. The maximum Gasteiger partial charge on any atom is 0.226 e. The van der Waals surface area contributed by atoms with Crippen LogP contribution in [0.2, 0.25) is 0 Å². The summed E-state index contributed by atoms with van der Waals surface area (Å²) in [6, 6.07) is 8.09. The molecule has 3 rings (SSSR count). The maximum absolute atomic E-state index is 11.8. The number of guanidine groups is 1. The van der Waals surface area contributed by atoms with Crippen molar-refractivity contribution < 1.29 is 9.21 Å². The van der Waals surface area contributed by atoms with Gasteiger partial charge in [-0.15, -0.1) is 0 Å². The smallest absolute Gasteiger partial charge is 0.226 e. The molecule has 2 aromatic rings. The van der Waals surface area contributed by atoms with E-state index in [9.17, 15) is 4.79 Å². The fraction of sp³-hybridized carbons (Fsp3) is 0.500. The number of aryl methyl sites for hydroxylation is 1. The number of hydrogen-bond acceptors (Lipinski definition) is 4. The van der Waals surface area contributed by atoms with Gasteiger partial charge in [0.05, 0.1) is 6.54 Å².